The molecule has 0 aliphatic heterocycles. The number of phenols is 1. The number of phenolic OH excluding ortho intramolecular Hbond substituents is 1. The summed E-state index contributed by atoms with van der Waals surface area (Å²) in [4.78, 5) is 56.6. The Morgan fingerprint density at radius 1 is 1.20 bits per heavy atom. The normalized spacial score (nSPS) is 32.3. The van der Waals surface area contributed by atoms with Gasteiger partial charge in [-0.2, -0.15) is 13.2 Å². The van der Waals surface area contributed by atoms with Crippen LogP contribution in [0, 0.1) is 23.7 Å². The lowest BCUT2D eigenvalue weighted by Crippen LogP contribution is -2.75. The molecule has 41 heavy (non-hydrogen) atoms. The molecule has 14 heteroatoms. The highest BCUT2D eigenvalue weighted by molar-refractivity contribution is 6.25. The van der Waals surface area contributed by atoms with Crippen molar-refractivity contribution in [1.29, 1.82) is 0 Å². The van der Waals surface area contributed by atoms with E-state index in [1.807, 2.05) is 0 Å². The molecule has 226 valence electrons. The SMILES string of the molecule is CC(NCc1cc(N(C)C)c2c(c1O)C(=O)C1C(=O)[C@@]3(O)C(=O)C(C(N)=O)C(O)C(N(C)C)[C@H]3C[C@H]1C2)C(F)(F)F. The highest BCUT2D eigenvalue weighted by atomic mass is 19.4. The zero-order chi connectivity index (χ0) is 30.9. The van der Waals surface area contributed by atoms with E-state index < -0.39 is 89.2 Å². The van der Waals surface area contributed by atoms with Gasteiger partial charge in [0.05, 0.1) is 17.6 Å². The molecule has 3 aliphatic carbocycles. The number of aromatic hydroxyl groups is 1. The fourth-order valence-corrected chi connectivity index (χ4v) is 6.84. The van der Waals surface area contributed by atoms with Crippen molar-refractivity contribution in [3.63, 3.8) is 0 Å². The lowest BCUT2D eigenvalue weighted by molar-refractivity contribution is -0.190. The fourth-order valence-electron chi connectivity index (χ4n) is 6.84. The van der Waals surface area contributed by atoms with Crippen molar-refractivity contribution in [2.24, 2.45) is 29.4 Å². The number of aliphatic hydroxyl groups is 2. The van der Waals surface area contributed by atoms with E-state index in [4.69, 9.17) is 5.73 Å². The summed E-state index contributed by atoms with van der Waals surface area (Å²) >= 11 is 0. The highest BCUT2D eigenvalue weighted by Gasteiger charge is 2.69. The number of primary amides is 1. The second-order valence-corrected chi connectivity index (χ2v) is 11.8. The third kappa shape index (κ3) is 4.70. The maximum atomic E-state index is 14.0. The maximum absolute atomic E-state index is 14.0. The number of anilines is 1. The molecule has 8 atom stereocenters. The van der Waals surface area contributed by atoms with Crippen molar-refractivity contribution in [3.8, 4) is 5.75 Å². The molecule has 2 fully saturated rings. The number of rotatable bonds is 6. The number of nitrogens with zero attached hydrogens (tertiary/aromatic N) is 2. The lowest BCUT2D eigenvalue weighted by atomic mass is 9.52. The number of halogens is 3. The molecule has 5 unspecified atom stereocenters. The Labute approximate surface area is 234 Å². The van der Waals surface area contributed by atoms with E-state index in [-0.39, 0.29) is 24.0 Å². The summed E-state index contributed by atoms with van der Waals surface area (Å²) in [7, 11) is 6.42. The summed E-state index contributed by atoms with van der Waals surface area (Å²) in [5.41, 5.74) is 3.14. The van der Waals surface area contributed by atoms with Crippen LogP contribution in [0.2, 0.25) is 0 Å². The van der Waals surface area contributed by atoms with Crippen LogP contribution in [0.15, 0.2) is 6.07 Å². The van der Waals surface area contributed by atoms with Gasteiger partial charge in [-0.3, -0.25) is 19.2 Å². The number of nitrogens with one attached hydrogen (secondary N) is 1. The molecule has 4 rings (SSSR count). The minimum absolute atomic E-state index is 0.00599. The molecule has 1 aromatic carbocycles. The zero-order valence-corrected chi connectivity index (χ0v) is 23.3. The summed E-state index contributed by atoms with van der Waals surface area (Å²) in [5, 5.41) is 36.0. The van der Waals surface area contributed by atoms with Gasteiger partial charge in [-0.25, -0.2) is 0 Å². The van der Waals surface area contributed by atoms with E-state index in [2.05, 4.69) is 5.32 Å². The van der Waals surface area contributed by atoms with E-state index in [0.717, 1.165) is 6.92 Å². The van der Waals surface area contributed by atoms with Crippen molar-refractivity contribution in [1.82, 2.24) is 10.2 Å². The smallest absolute Gasteiger partial charge is 0.403 e. The number of aliphatic hydroxyl groups excluding tert-OH is 1. The van der Waals surface area contributed by atoms with Gasteiger partial charge < -0.3 is 36.2 Å². The number of hydrogen-bond donors (Lipinski definition) is 5. The van der Waals surface area contributed by atoms with Crippen molar-refractivity contribution in [2.45, 2.75) is 56.3 Å². The zero-order valence-electron chi connectivity index (χ0n) is 23.3. The first-order valence-corrected chi connectivity index (χ1v) is 13.2. The summed E-state index contributed by atoms with van der Waals surface area (Å²) in [6, 6.07) is -1.46. The van der Waals surface area contributed by atoms with E-state index in [9.17, 15) is 47.7 Å². The lowest BCUT2D eigenvalue weighted by Gasteiger charge is -2.55. The second-order valence-electron chi connectivity index (χ2n) is 11.8. The number of carbonyl (C=O) groups excluding carboxylic acids is 4. The second kappa shape index (κ2) is 10.3. The topological polar surface area (TPSA) is 174 Å². The first-order valence-electron chi connectivity index (χ1n) is 13.2. The molecular formula is C27H35F3N4O7. The summed E-state index contributed by atoms with van der Waals surface area (Å²) in [5.74, 6) is -10.5. The molecule has 11 nitrogen and oxygen atoms in total. The van der Waals surface area contributed by atoms with Crippen LogP contribution in [0.3, 0.4) is 0 Å². The third-order valence-corrected chi connectivity index (χ3v) is 8.92. The average Bonchev–Trinajstić information content (AvgIpc) is 2.84. The molecule has 0 bridgehead atoms. The monoisotopic (exact) mass is 584 g/mol. The van der Waals surface area contributed by atoms with Crippen LogP contribution in [0.25, 0.3) is 0 Å². The van der Waals surface area contributed by atoms with E-state index >= 15 is 0 Å². The van der Waals surface area contributed by atoms with Crippen molar-refractivity contribution in [3.05, 3.63) is 22.8 Å². The predicted octanol–water partition coefficient (Wildman–Crippen LogP) is -0.235. The molecule has 0 saturated heterocycles. The summed E-state index contributed by atoms with van der Waals surface area (Å²) in [6.45, 7) is 0.470. The van der Waals surface area contributed by atoms with Crippen molar-refractivity contribution >= 4 is 28.9 Å². The Bertz CT molecular complexity index is 1300. The van der Waals surface area contributed by atoms with Gasteiger partial charge in [-0.05, 0) is 51.4 Å². The van der Waals surface area contributed by atoms with Gasteiger partial charge in [-0.1, -0.05) is 0 Å². The van der Waals surface area contributed by atoms with Gasteiger partial charge in [0.25, 0.3) is 0 Å². The van der Waals surface area contributed by atoms with Gasteiger partial charge in [-0.15, -0.1) is 0 Å². The number of benzene rings is 1. The van der Waals surface area contributed by atoms with E-state index in [0.29, 0.717) is 11.3 Å². The largest absolute Gasteiger partial charge is 0.507 e. The molecule has 0 heterocycles. The fraction of sp³-hybridized carbons (Fsp3) is 0.630. The predicted molar refractivity (Wildman–Crippen MR) is 139 cm³/mol. The standard InChI is InChI=1S/C27H35F3N4O7/c1-10(27(28,29)30)32-9-12-8-15(33(2)3)13-6-11-7-14-19(34(4)5)22(37)18(25(31)40)24(39)26(14,41)23(38)16(11)21(36)17(13)20(12)35/h8,10-11,14,16,18-19,22,32,35,37,41H,6-7,9H2,1-5H3,(H2,31,40)/t10?,11-,14-,16?,18?,19?,22?,26-/m1/s1. The Balaban J connectivity index is 1.83. The molecule has 0 aromatic heterocycles. The number of hydrogen-bond acceptors (Lipinski definition) is 10. The first-order chi connectivity index (χ1) is 18.8. The quantitative estimate of drug-likeness (QED) is 0.281. The average molecular weight is 585 g/mol. The number of likely N-dealkylation sites (N-methyl/N-ethyl adjacent to an activating group) is 1. The Hall–Kier alpha value is -3.07. The van der Waals surface area contributed by atoms with E-state index in [1.165, 1.54) is 11.0 Å². The van der Waals surface area contributed by atoms with Crippen LogP contribution < -0.4 is 16.0 Å². The Morgan fingerprint density at radius 2 is 1.80 bits per heavy atom. The number of fused-ring (bicyclic) bond motifs is 3. The molecular weight excluding hydrogens is 549 g/mol. The molecule has 1 aromatic rings. The number of nitrogens with two attached hydrogens (primary N) is 1. The first kappa shape index (κ1) is 30.9. The van der Waals surface area contributed by atoms with Gasteiger partial charge in [0.2, 0.25) is 5.91 Å². The number of amides is 1. The molecule has 3 aliphatic rings. The highest BCUT2D eigenvalue weighted by Crippen LogP contribution is 2.52. The number of carbonyl (C=O) groups is 4. The minimum atomic E-state index is -4.55. The number of ketones is 3. The van der Waals surface area contributed by atoms with Crippen LogP contribution >= 0.6 is 0 Å². The molecule has 0 radical (unpaired) electrons. The van der Waals surface area contributed by atoms with Crippen LogP contribution in [0.1, 0.15) is 34.8 Å². The van der Waals surface area contributed by atoms with Gasteiger partial charge >= 0.3 is 6.18 Å². The van der Waals surface area contributed by atoms with Crippen LogP contribution in [-0.4, -0.2) is 102 Å². The van der Waals surface area contributed by atoms with Crippen molar-refractivity contribution < 1.29 is 47.7 Å². The van der Waals surface area contributed by atoms with Crippen LogP contribution in [0.4, 0.5) is 18.9 Å². The minimum Gasteiger partial charge on any atom is -0.507 e. The number of Topliss-reactive ketones (excluding diaryl/α,β-unsaturated/α-hetero) is 3. The molecule has 2 saturated carbocycles. The van der Waals surface area contributed by atoms with Gasteiger partial charge in [0.1, 0.15) is 17.7 Å². The Morgan fingerprint density at radius 3 is 2.32 bits per heavy atom. The molecule has 1 amide bonds. The summed E-state index contributed by atoms with van der Waals surface area (Å²) < 4.78 is 39.2. The van der Waals surface area contributed by atoms with Gasteiger partial charge in [0, 0.05) is 43.9 Å². The summed E-state index contributed by atoms with van der Waals surface area (Å²) in [6.07, 6.45) is -6.13. The van der Waals surface area contributed by atoms with Crippen LogP contribution in [0.5, 0.6) is 5.75 Å². The Kier molecular flexibility index (Phi) is 7.78. The molecule has 0 spiro atoms. The third-order valence-electron chi connectivity index (χ3n) is 8.92. The van der Waals surface area contributed by atoms with Gasteiger partial charge in [0.15, 0.2) is 23.0 Å². The van der Waals surface area contributed by atoms with E-state index in [1.54, 1.807) is 33.1 Å². The van der Waals surface area contributed by atoms with Crippen LogP contribution in [-0.2, 0) is 27.3 Å². The molecule has 6 N–H and O–H groups in total. The number of alkyl halides is 3. The maximum Gasteiger partial charge on any atom is 0.403 e. The van der Waals surface area contributed by atoms with Crippen molar-refractivity contribution in [2.75, 3.05) is 33.1 Å².